The second-order valence-electron chi connectivity index (χ2n) is 14.7. The predicted molar refractivity (Wildman–Crippen MR) is 188 cm³/mol. The lowest BCUT2D eigenvalue weighted by Gasteiger charge is -2.42. The summed E-state index contributed by atoms with van der Waals surface area (Å²) in [4.78, 5) is 17.3. The van der Waals surface area contributed by atoms with E-state index in [0.29, 0.717) is 60.4 Å². The largest absolute Gasteiger partial charge is 0.508 e. The molecule has 3 aromatic heterocycles. The number of piperazine rings is 1. The van der Waals surface area contributed by atoms with Crippen LogP contribution in [0.1, 0.15) is 51.0 Å². The van der Waals surface area contributed by atoms with Gasteiger partial charge in [-0.2, -0.15) is 15.1 Å². The van der Waals surface area contributed by atoms with Crippen molar-refractivity contribution in [2.24, 2.45) is 0 Å². The quantitative estimate of drug-likeness (QED) is 0.209. The van der Waals surface area contributed by atoms with Gasteiger partial charge in [0.05, 0.1) is 33.8 Å². The van der Waals surface area contributed by atoms with Crippen molar-refractivity contribution in [2.45, 2.75) is 75.7 Å². The predicted octanol–water partition coefficient (Wildman–Crippen LogP) is 5.50. The Morgan fingerprint density at radius 3 is 2.68 bits per heavy atom. The number of nitrogens with zero attached hydrogens (tertiary/aromatic N) is 7. The Kier molecular flexibility index (Phi) is 7.81. The van der Waals surface area contributed by atoms with Crippen LogP contribution in [0.15, 0.2) is 42.6 Å². The maximum Gasteiger partial charge on any atom is 0.319 e. The number of phenols is 1. The number of aliphatic hydroxyl groups excluding tert-OH is 1. The first-order valence-corrected chi connectivity index (χ1v) is 18.1. The van der Waals surface area contributed by atoms with Gasteiger partial charge in [0.15, 0.2) is 0 Å². The number of anilines is 1. The molecule has 262 valence electrons. The van der Waals surface area contributed by atoms with Crippen LogP contribution in [0.2, 0.25) is 0 Å². The molecule has 0 amide bonds. The van der Waals surface area contributed by atoms with Crippen molar-refractivity contribution in [1.29, 1.82) is 0 Å². The summed E-state index contributed by atoms with van der Waals surface area (Å²) in [7, 11) is 0. The number of hydrogen-bond donors (Lipinski definition) is 2. The minimum atomic E-state index is -0.864. The summed E-state index contributed by atoms with van der Waals surface area (Å²) >= 11 is 0. The normalized spacial score (nSPS) is 25.4. The van der Waals surface area contributed by atoms with Crippen LogP contribution in [0.3, 0.4) is 0 Å². The van der Waals surface area contributed by atoms with Crippen LogP contribution in [0, 0.1) is 5.82 Å². The maximum atomic E-state index is 15.3. The monoisotopic (exact) mass is 683 g/mol. The fourth-order valence-corrected chi connectivity index (χ4v) is 9.63. The number of alkyl halides is 1. The van der Waals surface area contributed by atoms with Gasteiger partial charge in [-0.1, -0.05) is 13.0 Å². The molecule has 2 bridgehead atoms. The minimum Gasteiger partial charge on any atom is -0.508 e. The zero-order chi connectivity index (χ0) is 34.1. The molecule has 0 saturated carbocycles. The van der Waals surface area contributed by atoms with Crippen molar-refractivity contribution in [3.8, 4) is 23.0 Å². The molecule has 2 N–H and O–H groups in total. The van der Waals surface area contributed by atoms with E-state index in [0.717, 1.165) is 85.8 Å². The van der Waals surface area contributed by atoms with Gasteiger partial charge >= 0.3 is 6.01 Å². The van der Waals surface area contributed by atoms with Gasteiger partial charge < -0.3 is 19.8 Å². The molecule has 10 nitrogen and oxygen atoms in total. The summed E-state index contributed by atoms with van der Waals surface area (Å²) < 4.78 is 38.3. The average Bonchev–Trinajstić information content (AvgIpc) is 3.87. The highest BCUT2D eigenvalue weighted by Crippen LogP contribution is 2.43. The molecular formula is C38H43F2N7O3. The zero-order valence-corrected chi connectivity index (χ0v) is 28.4. The average molecular weight is 684 g/mol. The van der Waals surface area contributed by atoms with Gasteiger partial charge in [0.1, 0.15) is 30.2 Å². The van der Waals surface area contributed by atoms with Gasteiger partial charge in [0, 0.05) is 56.9 Å². The number of benzene rings is 2. The number of rotatable bonds is 9. The molecule has 12 heteroatoms. The second kappa shape index (κ2) is 12.3. The van der Waals surface area contributed by atoms with Crippen LogP contribution in [0.5, 0.6) is 11.8 Å². The van der Waals surface area contributed by atoms with E-state index in [9.17, 15) is 14.6 Å². The first-order chi connectivity index (χ1) is 24.4. The molecule has 4 saturated heterocycles. The molecule has 50 heavy (non-hydrogen) atoms. The van der Waals surface area contributed by atoms with Gasteiger partial charge in [0.2, 0.25) is 0 Å². The summed E-state index contributed by atoms with van der Waals surface area (Å²) in [5, 5.41) is 27.5. The number of ether oxygens (including phenoxy) is 1. The summed E-state index contributed by atoms with van der Waals surface area (Å²) in [5.74, 6) is 0.559. The third-order valence-corrected chi connectivity index (χ3v) is 11.8. The number of aliphatic hydroxyl groups is 1. The molecule has 2 aromatic carbocycles. The molecule has 0 aliphatic carbocycles. The lowest BCUT2D eigenvalue weighted by Crippen LogP contribution is -2.54. The molecule has 5 aromatic rings. The van der Waals surface area contributed by atoms with Gasteiger partial charge in [-0.05, 0) is 91.7 Å². The smallest absolute Gasteiger partial charge is 0.319 e. The van der Waals surface area contributed by atoms with E-state index in [-0.39, 0.29) is 29.7 Å². The summed E-state index contributed by atoms with van der Waals surface area (Å²) in [6.07, 6.45) is 6.66. The van der Waals surface area contributed by atoms with Crippen molar-refractivity contribution >= 4 is 33.0 Å². The molecular weight excluding hydrogens is 640 g/mol. The van der Waals surface area contributed by atoms with E-state index in [1.165, 1.54) is 6.07 Å². The number of fused-ring (bicyclic) bond motifs is 7. The van der Waals surface area contributed by atoms with Gasteiger partial charge in [0.25, 0.3) is 0 Å². The van der Waals surface area contributed by atoms with Crippen molar-refractivity contribution in [3.63, 3.8) is 0 Å². The number of aromatic nitrogens is 4. The highest BCUT2D eigenvalue weighted by molar-refractivity contribution is 6.06. The number of hydrogen-bond acceptors (Lipinski definition) is 9. The Bertz CT molecular complexity index is 2090. The molecule has 0 radical (unpaired) electrons. The van der Waals surface area contributed by atoms with E-state index in [2.05, 4.69) is 14.7 Å². The second-order valence-corrected chi connectivity index (χ2v) is 14.7. The molecule has 4 aliphatic rings. The van der Waals surface area contributed by atoms with Crippen LogP contribution in [-0.4, -0.2) is 109 Å². The molecule has 4 fully saturated rings. The van der Waals surface area contributed by atoms with Crippen molar-refractivity contribution in [2.75, 3.05) is 50.8 Å². The van der Waals surface area contributed by atoms with Gasteiger partial charge in [-0.25, -0.2) is 13.3 Å². The molecule has 0 spiro atoms. The first kappa shape index (κ1) is 31.8. The number of phenolic OH excluding ortho intramolecular Hbond substituents is 1. The Morgan fingerprint density at radius 2 is 1.88 bits per heavy atom. The van der Waals surface area contributed by atoms with E-state index in [1.807, 2.05) is 23.6 Å². The Morgan fingerprint density at radius 1 is 1.04 bits per heavy atom. The Labute approximate surface area is 289 Å². The number of halogens is 2. The van der Waals surface area contributed by atoms with Crippen molar-refractivity contribution in [1.82, 2.24) is 29.4 Å². The summed E-state index contributed by atoms with van der Waals surface area (Å²) in [5.41, 5.74) is 3.01. The van der Waals surface area contributed by atoms with E-state index in [1.54, 1.807) is 24.4 Å². The standard InChI is InChI=1S/C38H43F2N7O3/c1-2-28-30(40)8-5-23-15-27(49)16-29(34(23)28)33-17-31-35(32-9-11-41-47(32)33)36(44-20-25-6-7-26(21-44)46(25)13-4-14-48)43-37(42-31)50-22-38-10-3-12-45(38)19-24(39)18-38/h5,8-9,11,15-17,24-26,48-49H,2-4,6-7,10,12-14,18-22H2,1H3/t24-,25?,26?,38+/m1/s1. The van der Waals surface area contributed by atoms with E-state index < -0.39 is 6.17 Å². The lowest BCUT2D eigenvalue weighted by molar-refractivity contribution is 0.107. The van der Waals surface area contributed by atoms with Crippen LogP contribution in [-0.2, 0) is 6.42 Å². The molecule has 4 atom stereocenters. The highest BCUT2D eigenvalue weighted by Gasteiger charge is 2.49. The third-order valence-electron chi connectivity index (χ3n) is 11.8. The zero-order valence-electron chi connectivity index (χ0n) is 28.4. The van der Waals surface area contributed by atoms with Crippen LogP contribution in [0.4, 0.5) is 14.6 Å². The van der Waals surface area contributed by atoms with E-state index in [4.69, 9.17) is 19.8 Å². The van der Waals surface area contributed by atoms with Crippen LogP contribution < -0.4 is 9.64 Å². The lowest BCUT2D eigenvalue weighted by atomic mass is 9.94. The number of aryl methyl sites for hydroxylation is 1. The number of pyridine rings is 1. The molecule has 2 unspecified atom stereocenters. The Balaban J connectivity index is 1.21. The summed E-state index contributed by atoms with van der Waals surface area (Å²) in [6.45, 7) is 6.19. The van der Waals surface area contributed by atoms with Gasteiger partial charge in [-0.3, -0.25) is 9.80 Å². The first-order valence-electron chi connectivity index (χ1n) is 18.1. The fourth-order valence-electron chi connectivity index (χ4n) is 9.63. The van der Waals surface area contributed by atoms with Gasteiger partial charge in [-0.15, -0.1) is 0 Å². The number of aromatic hydroxyl groups is 1. The van der Waals surface area contributed by atoms with Crippen LogP contribution in [0.25, 0.3) is 38.4 Å². The minimum absolute atomic E-state index is 0.0756. The van der Waals surface area contributed by atoms with E-state index >= 15 is 4.39 Å². The maximum absolute atomic E-state index is 15.3. The SMILES string of the molecule is CCc1c(F)ccc2cc(O)cc(-c3cc4nc(OC[C@@]56CCCN5C[C@H](F)C6)nc(N5CC6CCC(C5)N6CCCO)c4c4ccnn34)c12. The van der Waals surface area contributed by atoms with Crippen molar-refractivity contribution < 1.29 is 23.7 Å². The Hall–Kier alpha value is -4.13. The molecule has 7 heterocycles. The molecule has 4 aliphatic heterocycles. The topological polar surface area (TPSA) is 102 Å². The highest BCUT2D eigenvalue weighted by atomic mass is 19.1. The summed E-state index contributed by atoms with van der Waals surface area (Å²) in [6, 6.07) is 11.3. The fraction of sp³-hybridized carbons (Fsp3) is 0.500. The van der Waals surface area contributed by atoms with Crippen LogP contribution >= 0.6 is 0 Å². The molecule has 9 rings (SSSR count). The van der Waals surface area contributed by atoms with Crippen molar-refractivity contribution in [3.05, 3.63) is 54.0 Å². The third kappa shape index (κ3) is 5.09.